The summed E-state index contributed by atoms with van der Waals surface area (Å²) >= 11 is 13.4. The monoisotopic (exact) mass is 448 g/mol. The van der Waals surface area contributed by atoms with E-state index < -0.39 is 0 Å². The predicted molar refractivity (Wildman–Crippen MR) is 115 cm³/mol. The van der Waals surface area contributed by atoms with Crippen LogP contribution in [0.5, 0.6) is 0 Å². The summed E-state index contributed by atoms with van der Waals surface area (Å²) in [5.41, 5.74) is 1.60. The minimum atomic E-state index is -0.249. The van der Waals surface area contributed by atoms with Crippen molar-refractivity contribution < 1.29 is 9.59 Å². The largest absolute Gasteiger partial charge is 0.332 e. The number of anilines is 1. The molecule has 6 nitrogen and oxygen atoms in total. The minimum Gasteiger partial charge on any atom is -0.332 e. The maximum absolute atomic E-state index is 12.9. The van der Waals surface area contributed by atoms with E-state index in [1.165, 1.54) is 11.3 Å². The molecule has 3 aromatic rings. The molecule has 3 rings (SSSR count). The van der Waals surface area contributed by atoms with Crippen LogP contribution < -0.4 is 5.32 Å². The van der Waals surface area contributed by atoms with E-state index in [0.717, 1.165) is 11.3 Å². The average Bonchev–Trinajstić information content (AvgIpc) is 3.22. The molecule has 0 fully saturated rings. The molecular weight excluding hydrogens is 431 g/mol. The lowest BCUT2D eigenvalue weighted by Crippen LogP contribution is -2.31. The van der Waals surface area contributed by atoms with Crippen LogP contribution in [0.3, 0.4) is 0 Å². The third-order valence-electron chi connectivity index (χ3n) is 4.03. The van der Waals surface area contributed by atoms with Gasteiger partial charge in [-0.2, -0.15) is 0 Å². The highest BCUT2D eigenvalue weighted by atomic mass is 35.5. The number of carbonyl (C=O) groups excluding carboxylic acids is 2. The number of hydrogen-bond donors (Lipinski definition) is 1. The molecule has 1 aromatic carbocycles. The number of rotatable bonds is 8. The molecule has 2 aromatic heterocycles. The third kappa shape index (κ3) is 6.52. The van der Waals surface area contributed by atoms with Crippen LogP contribution in [-0.2, 0) is 22.7 Å². The van der Waals surface area contributed by atoms with Crippen LogP contribution in [-0.4, -0.2) is 26.7 Å². The van der Waals surface area contributed by atoms with Crippen LogP contribution in [0.1, 0.15) is 24.1 Å². The van der Waals surface area contributed by atoms with E-state index in [-0.39, 0.29) is 24.7 Å². The number of nitrogens with one attached hydrogen (secondary N) is 1. The zero-order chi connectivity index (χ0) is 20.6. The SMILES string of the molecule is O=C(CCC(=O)N(Cc1ccc(Cl)c(Cl)c1)Cc1ccccn1)Nc1nccs1. The molecule has 0 saturated heterocycles. The summed E-state index contributed by atoms with van der Waals surface area (Å²) in [5.74, 6) is -0.406. The van der Waals surface area contributed by atoms with Crippen LogP contribution in [0, 0.1) is 0 Å². The summed E-state index contributed by atoms with van der Waals surface area (Å²) in [7, 11) is 0. The van der Waals surface area contributed by atoms with Crippen molar-refractivity contribution in [1.29, 1.82) is 0 Å². The van der Waals surface area contributed by atoms with Gasteiger partial charge in [0.1, 0.15) is 0 Å². The fourth-order valence-corrected chi connectivity index (χ4v) is 3.49. The summed E-state index contributed by atoms with van der Waals surface area (Å²) in [6, 6.07) is 10.8. The van der Waals surface area contributed by atoms with Crippen molar-refractivity contribution in [2.45, 2.75) is 25.9 Å². The highest BCUT2D eigenvalue weighted by Crippen LogP contribution is 2.24. The van der Waals surface area contributed by atoms with Gasteiger partial charge in [0, 0.05) is 37.2 Å². The lowest BCUT2D eigenvalue weighted by molar-refractivity contribution is -0.134. The van der Waals surface area contributed by atoms with Crippen molar-refractivity contribution in [2.24, 2.45) is 0 Å². The van der Waals surface area contributed by atoms with Gasteiger partial charge < -0.3 is 10.2 Å². The molecule has 29 heavy (non-hydrogen) atoms. The fourth-order valence-electron chi connectivity index (χ4n) is 2.62. The molecule has 0 unspecified atom stereocenters. The third-order valence-corrected chi connectivity index (χ3v) is 5.46. The Morgan fingerprint density at radius 3 is 2.55 bits per heavy atom. The van der Waals surface area contributed by atoms with Gasteiger partial charge in [-0.3, -0.25) is 14.6 Å². The number of thiazole rings is 1. The highest BCUT2D eigenvalue weighted by Gasteiger charge is 2.17. The van der Waals surface area contributed by atoms with Crippen molar-refractivity contribution in [1.82, 2.24) is 14.9 Å². The number of benzene rings is 1. The van der Waals surface area contributed by atoms with E-state index in [1.807, 2.05) is 24.3 Å². The van der Waals surface area contributed by atoms with Crippen molar-refractivity contribution in [3.63, 3.8) is 0 Å². The average molecular weight is 449 g/mol. The van der Waals surface area contributed by atoms with Crippen molar-refractivity contribution in [2.75, 3.05) is 5.32 Å². The van der Waals surface area contributed by atoms with Gasteiger partial charge in [-0.1, -0.05) is 35.3 Å². The Kier molecular flexibility index (Phi) is 7.57. The summed E-state index contributed by atoms with van der Waals surface area (Å²) in [5, 5.41) is 5.85. The summed E-state index contributed by atoms with van der Waals surface area (Å²) in [6.45, 7) is 0.661. The quantitative estimate of drug-likeness (QED) is 0.537. The Balaban J connectivity index is 1.66. The van der Waals surface area contributed by atoms with E-state index in [1.54, 1.807) is 34.8 Å². The summed E-state index contributed by atoms with van der Waals surface area (Å²) < 4.78 is 0. The van der Waals surface area contributed by atoms with Gasteiger partial charge in [0.25, 0.3) is 0 Å². The topological polar surface area (TPSA) is 75.2 Å². The fraction of sp³-hybridized carbons (Fsp3) is 0.200. The molecule has 1 N–H and O–H groups in total. The van der Waals surface area contributed by atoms with Gasteiger partial charge in [-0.15, -0.1) is 11.3 Å². The van der Waals surface area contributed by atoms with Crippen LogP contribution >= 0.6 is 34.5 Å². The van der Waals surface area contributed by atoms with Gasteiger partial charge >= 0.3 is 0 Å². The first-order valence-electron chi connectivity index (χ1n) is 8.82. The Morgan fingerprint density at radius 2 is 1.86 bits per heavy atom. The van der Waals surface area contributed by atoms with Gasteiger partial charge in [0.05, 0.1) is 22.3 Å². The Labute approximate surface area is 182 Å². The highest BCUT2D eigenvalue weighted by molar-refractivity contribution is 7.13. The molecule has 2 amide bonds. The van der Waals surface area contributed by atoms with Gasteiger partial charge in [-0.25, -0.2) is 4.98 Å². The molecule has 0 aliphatic carbocycles. The van der Waals surface area contributed by atoms with Crippen LogP contribution in [0.25, 0.3) is 0 Å². The maximum Gasteiger partial charge on any atom is 0.226 e. The number of nitrogens with zero attached hydrogens (tertiary/aromatic N) is 3. The lowest BCUT2D eigenvalue weighted by atomic mass is 10.1. The first kappa shape index (κ1) is 21.2. The van der Waals surface area contributed by atoms with Crippen LogP contribution in [0.15, 0.2) is 54.2 Å². The second-order valence-corrected chi connectivity index (χ2v) is 7.91. The van der Waals surface area contributed by atoms with E-state index in [2.05, 4.69) is 15.3 Å². The van der Waals surface area contributed by atoms with E-state index in [9.17, 15) is 9.59 Å². The van der Waals surface area contributed by atoms with Crippen LogP contribution in [0.2, 0.25) is 10.0 Å². The first-order chi connectivity index (χ1) is 14.0. The van der Waals surface area contributed by atoms with Crippen molar-refractivity contribution >= 4 is 51.5 Å². The molecular formula is C20H18Cl2N4O2S. The molecule has 0 atom stereocenters. The minimum absolute atomic E-state index is 0.0680. The molecule has 0 saturated carbocycles. The second-order valence-electron chi connectivity index (χ2n) is 6.20. The Morgan fingerprint density at radius 1 is 1.00 bits per heavy atom. The van der Waals surface area contributed by atoms with Gasteiger partial charge in [-0.05, 0) is 29.8 Å². The van der Waals surface area contributed by atoms with E-state index >= 15 is 0 Å². The lowest BCUT2D eigenvalue weighted by Gasteiger charge is -2.23. The zero-order valence-electron chi connectivity index (χ0n) is 15.3. The van der Waals surface area contributed by atoms with Crippen molar-refractivity contribution in [3.8, 4) is 0 Å². The van der Waals surface area contributed by atoms with Gasteiger partial charge in [0.15, 0.2) is 5.13 Å². The molecule has 0 bridgehead atoms. The van der Waals surface area contributed by atoms with Crippen molar-refractivity contribution in [3.05, 3.63) is 75.5 Å². The number of pyridine rings is 1. The maximum atomic E-state index is 12.9. The summed E-state index contributed by atoms with van der Waals surface area (Å²) in [6.07, 6.45) is 3.43. The molecule has 0 radical (unpaired) electrons. The standard InChI is InChI=1S/C20H18Cl2N4O2S/c21-16-5-4-14(11-17(16)22)12-26(13-15-3-1-2-8-23-15)19(28)7-6-18(27)25-20-24-9-10-29-20/h1-5,8-11H,6-7,12-13H2,(H,24,25,27). The van der Waals surface area contributed by atoms with E-state index in [4.69, 9.17) is 23.2 Å². The van der Waals surface area contributed by atoms with E-state index in [0.29, 0.717) is 28.3 Å². The predicted octanol–water partition coefficient (Wildman–Crippen LogP) is 4.79. The Hall–Kier alpha value is -2.48. The molecule has 150 valence electrons. The first-order valence-corrected chi connectivity index (χ1v) is 10.5. The number of aromatic nitrogens is 2. The number of hydrogen-bond acceptors (Lipinski definition) is 5. The summed E-state index contributed by atoms with van der Waals surface area (Å²) in [4.78, 5) is 34.9. The Bertz CT molecular complexity index is 968. The molecule has 0 aliphatic heterocycles. The molecule has 2 heterocycles. The molecule has 9 heteroatoms. The smallest absolute Gasteiger partial charge is 0.226 e. The molecule has 0 spiro atoms. The molecule has 0 aliphatic rings. The van der Waals surface area contributed by atoms with Gasteiger partial charge in [0.2, 0.25) is 11.8 Å². The number of amides is 2. The number of carbonyl (C=O) groups is 2. The second kappa shape index (κ2) is 10.3. The number of halogens is 2. The normalized spacial score (nSPS) is 10.6. The zero-order valence-corrected chi connectivity index (χ0v) is 17.7. The van der Waals surface area contributed by atoms with Crippen LogP contribution in [0.4, 0.5) is 5.13 Å².